The van der Waals surface area contributed by atoms with Crippen LogP contribution >= 0.6 is 11.6 Å². The van der Waals surface area contributed by atoms with E-state index < -0.39 is 11.7 Å². The molecule has 162 valence electrons. The summed E-state index contributed by atoms with van der Waals surface area (Å²) in [7, 11) is 1.91. The minimum atomic E-state index is -0.646. The number of pyridine rings is 1. The molecule has 0 saturated heterocycles. The van der Waals surface area contributed by atoms with Gasteiger partial charge in [-0.05, 0) is 48.4 Å². The van der Waals surface area contributed by atoms with Crippen molar-refractivity contribution in [1.82, 2.24) is 19.9 Å². The number of halogens is 2. The van der Waals surface area contributed by atoms with E-state index in [9.17, 15) is 9.18 Å². The van der Waals surface area contributed by atoms with Crippen LogP contribution in [-0.4, -0.2) is 20.4 Å². The lowest BCUT2D eigenvalue weighted by Crippen LogP contribution is -2.23. The highest BCUT2D eigenvalue weighted by Gasteiger charge is 2.15. The fraction of sp³-hybridized carbons (Fsp3) is 0.125. The lowest BCUT2D eigenvalue weighted by molar-refractivity contribution is 0.0947. The van der Waals surface area contributed by atoms with Gasteiger partial charge in [0.1, 0.15) is 17.5 Å². The van der Waals surface area contributed by atoms with Crippen molar-refractivity contribution in [2.75, 3.05) is 5.73 Å². The lowest BCUT2D eigenvalue weighted by atomic mass is 10.0. The zero-order chi connectivity index (χ0) is 22.8. The molecular weight excluding hydrogens is 429 g/mol. The Morgan fingerprint density at radius 2 is 1.94 bits per heavy atom. The second-order valence-electron chi connectivity index (χ2n) is 7.41. The second-order valence-corrected chi connectivity index (χ2v) is 7.85. The van der Waals surface area contributed by atoms with E-state index in [1.54, 1.807) is 36.7 Å². The zero-order valence-electron chi connectivity index (χ0n) is 17.6. The average Bonchev–Trinajstić information content (AvgIpc) is 3.11. The molecule has 6 nitrogen and oxygen atoms in total. The van der Waals surface area contributed by atoms with Gasteiger partial charge in [0.05, 0.1) is 17.5 Å². The number of carbonyl (C=O) groups is 1. The van der Waals surface area contributed by atoms with Crippen LogP contribution in [0, 0.1) is 12.7 Å². The summed E-state index contributed by atoms with van der Waals surface area (Å²) >= 11 is 5.96. The maximum atomic E-state index is 14.8. The van der Waals surface area contributed by atoms with Crippen LogP contribution in [0.15, 0.2) is 60.9 Å². The largest absolute Gasteiger partial charge is 0.383 e. The Kier molecular flexibility index (Phi) is 5.92. The molecule has 8 heteroatoms. The molecule has 2 aromatic carbocycles. The number of anilines is 1. The number of hydrogen-bond acceptors (Lipinski definition) is 4. The standard InChI is InChI=1S/C24H21ClFN5O/c1-14-28-13-22(31(14)2)17-9-20(23(27)29-12-17)16-6-7-19(21(26)10-16)24(32)30-11-15-4-3-5-18(25)8-15/h3-10,12-13H,11H2,1-2H3,(H2,27,29)(H,30,32). The second kappa shape index (κ2) is 8.80. The predicted octanol–water partition coefficient (Wildman–Crippen LogP) is 4.76. The van der Waals surface area contributed by atoms with Gasteiger partial charge in [-0.15, -0.1) is 0 Å². The topological polar surface area (TPSA) is 85.8 Å². The molecular formula is C24H21ClFN5O. The lowest BCUT2D eigenvalue weighted by Gasteiger charge is -2.11. The molecule has 2 aromatic heterocycles. The van der Waals surface area contributed by atoms with Crippen molar-refractivity contribution in [3.05, 3.63) is 88.7 Å². The maximum absolute atomic E-state index is 14.8. The Hall–Kier alpha value is -3.71. The first-order valence-electron chi connectivity index (χ1n) is 9.90. The number of nitrogens with one attached hydrogen (secondary N) is 1. The van der Waals surface area contributed by atoms with Gasteiger partial charge in [0.2, 0.25) is 0 Å². The first-order valence-corrected chi connectivity index (χ1v) is 10.3. The van der Waals surface area contributed by atoms with E-state index in [-0.39, 0.29) is 17.9 Å². The summed E-state index contributed by atoms with van der Waals surface area (Å²) in [5, 5.41) is 3.28. The van der Waals surface area contributed by atoms with Crippen molar-refractivity contribution in [3.8, 4) is 22.4 Å². The summed E-state index contributed by atoms with van der Waals surface area (Å²) < 4.78 is 16.8. The number of imidazole rings is 1. The van der Waals surface area contributed by atoms with Crippen LogP contribution < -0.4 is 11.1 Å². The minimum absolute atomic E-state index is 0.0549. The number of aromatic nitrogens is 3. The van der Waals surface area contributed by atoms with Crippen LogP contribution in [0.4, 0.5) is 10.2 Å². The number of carbonyl (C=O) groups excluding carboxylic acids is 1. The smallest absolute Gasteiger partial charge is 0.254 e. The van der Waals surface area contributed by atoms with Gasteiger partial charge < -0.3 is 15.6 Å². The van der Waals surface area contributed by atoms with E-state index >= 15 is 0 Å². The molecule has 4 rings (SSSR count). The molecule has 0 radical (unpaired) electrons. The molecule has 0 atom stereocenters. The normalized spacial score (nSPS) is 10.9. The quantitative estimate of drug-likeness (QED) is 0.460. The summed E-state index contributed by atoms with van der Waals surface area (Å²) in [6.45, 7) is 2.14. The van der Waals surface area contributed by atoms with Crippen LogP contribution in [-0.2, 0) is 13.6 Å². The molecule has 0 saturated carbocycles. The number of hydrogen-bond donors (Lipinski definition) is 2. The Bertz CT molecular complexity index is 1320. The van der Waals surface area contributed by atoms with Crippen LogP contribution in [0.1, 0.15) is 21.7 Å². The van der Waals surface area contributed by atoms with Gasteiger partial charge in [-0.2, -0.15) is 0 Å². The molecule has 2 heterocycles. The fourth-order valence-electron chi connectivity index (χ4n) is 3.41. The van der Waals surface area contributed by atoms with E-state index in [4.69, 9.17) is 17.3 Å². The van der Waals surface area contributed by atoms with Gasteiger partial charge in [-0.1, -0.05) is 29.8 Å². The van der Waals surface area contributed by atoms with Crippen molar-refractivity contribution in [2.24, 2.45) is 7.05 Å². The molecule has 0 unspecified atom stereocenters. The van der Waals surface area contributed by atoms with E-state index in [1.165, 1.54) is 12.1 Å². The van der Waals surface area contributed by atoms with Gasteiger partial charge in [0, 0.05) is 35.9 Å². The summed E-state index contributed by atoms with van der Waals surface area (Å²) in [5.74, 6) is -0.0331. The van der Waals surface area contributed by atoms with E-state index in [1.807, 2.05) is 30.7 Å². The number of amides is 1. The van der Waals surface area contributed by atoms with Crippen LogP contribution in [0.5, 0.6) is 0 Å². The molecule has 0 spiro atoms. The van der Waals surface area contributed by atoms with Gasteiger partial charge in [0.15, 0.2) is 0 Å². The monoisotopic (exact) mass is 449 g/mol. The molecule has 0 fully saturated rings. The van der Waals surface area contributed by atoms with Gasteiger partial charge in [-0.3, -0.25) is 4.79 Å². The van der Waals surface area contributed by atoms with E-state index in [0.717, 1.165) is 22.6 Å². The van der Waals surface area contributed by atoms with Crippen LogP contribution in [0.25, 0.3) is 22.4 Å². The zero-order valence-corrected chi connectivity index (χ0v) is 18.3. The highest BCUT2D eigenvalue weighted by Crippen LogP contribution is 2.30. The summed E-state index contributed by atoms with van der Waals surface area (Å²) in [6, 6.07) is 13.3. The maximum Gasteiger partial charge on any atom is 0.254 e. The number of nitrogens with zero attached hydrogens (tertiary/aromatic N) is 3. The van der Waals surface area contributed by atoms with Crippen molar-refractivity contribution >= 4 is 23.3 Å². The Morgan fingerprint density at radius 1 is 1.12 bits per heavy atom. The Morgan fingerprint density at radius 3 is 2.62 bits per heavy atom. The molecule has 0 bridgehead atoms. The van der Waals surface area contributed by atoms with Crippen molar-refractivity contribution in [3.63, 3.8) is 0 Å². The average molecular weight is 450 g/mol. The highest BCUT2D eigenvalue weighted by molar-refractivity contribution is 6.30. The number of nitrogen functional groups attached to an aromatic ring is 1. The molecule has 4 aromatic rings. The van der Waals surface area contributed by atoms with Crippen LogP contribution in [0.2, 0.25) is 5.02 Å². The third-order valence-electron chi connectivity index (χ3n) is 5.30. The SMILES string of the molecule is Cc1ncc(-c2cnc(N)c(-c3ccc(C(=O)NCc4cccc(Cl)c4)c(F)c3)c2)n1C. The van der Waals surface area contributed by atoms with E-state index in [2.05, 4.69) is 15.3 Å². The molecule has 0 aliphatic rings. The minimum Gasteiger partial charge on any atom is -0.383 e. The molecule has 1 amide bonds. The van der Waals surface area contributed by atoms with Crippen molar-refractivity contribution < 1.29 is 9.18 Å². The molecule has 0 aliphatic heterocycles. The summed E-state index contributed by atoms with van der Waals surface area (Å²) in [6.07, 6.45) is 3.41. The number of aryl methyl sites for hydroxylation is 1. The van der Waals surface area contributed by atoms with Crippen molar-refractivity contribution in [2.45, 2.75) is 13.5 Å². The Balaban J connectivity index is 1.58. The van der Waals surface area contributed by atoms with Gasteiger partial charge in [0.25, 0.3) is 5.91 Å². The number of benzene rings is 2. The van der Waals surface area contributed by atoms with Crippen LogP contribution in [0.3, 0.4) is 0 Å². The van der Waals surface area contributed by atoms with E-state index in [0.29, 0.717) is 16.1 Å². The third-order valence-corrected chi connectivity index (χ3v) is 5.54. The summed E-state index contributed by atoms with van der Waals surface area (Å²) in [4.78, 5) is 21.0. The summed E-state index contributed by atoms with van der Waals surface area (Å²) in [5.41, 5.74) is 9.62. The molecule has 32 heavy (non-hydrogen) atoms. The van der Waals surface area contributed by atoms with Gasteiger partial charge in [-0.25, -0.2) is 14.4 Å². The Labute approximate surface area is 189 Å². The predicted molar refractivity (Wildman–Crippen MR) is 124 cm³/mol. The van der Waals surface area contributed by atoms with Gasteiger partial charge >= 0.3 is 0 Å². The number of nitrogens with two attached hydrogens (primary N) is 1. The van der Waals surface area contributed by atoms with Crippen molar-refractivity contribution in [1.29, 1.82) is 0 Å². The first kappa shape index (κ1) is 21.5. The first-order chi connectivity index (χ1) is 15.3. The highest BCUT2D eigenvalue weighted by atomic mass is 35.5. The number of rotatable bonds is 5. The third kappa shape index (κ3) is 4.33. The fourth-order valence-corrected chi connectivity index (χ4v) is 3.62. The molecule has 0 aliphatic carbocycles. The molecule has 3 N–H and O–H groups in total.